The molecule has 0 fully saturated rings. The van der Waals surface area contributed by atoms with E-state index in [-0.39, 0.29) is 0 Å². The molecule has 0 aliphatic rings. The molecule has 0 aliphatic carbocycles. The van der Waals surface area contributed by atoms with Gasteiger partial charge >= 0.3 is 11.3 Å². The summed E-state index contributed by atoms with van der Waals surface area (Å²) in [5.74, 6) is 0.627. The summed E-state index contributed by atoms with van der Waals surface area (Å²) in [7, 11) is 0. The average Bonchev–Trinajstić information content (AvgIpc) is 2.67. The maximum absolute atomic E-state index is 12.5. The molecule has 4 rings (SSSR count). The molecule has 0 unspecified atom stereocenters. The van der Waals surface area contributed by atoms with Crippen LogP contribution in [-0.2, 0) is 0 Å². The largest absolute Gasteiger partial charge is 0.493 e. The highest BCUT2D eigenvalue weighted by atomic mass is 16.5. The minimum Gasteiger partial charge on any atom is -0.493 e. The SMILES string of the molecule is CCCCOc1ccc2c(-c3cc4ccccc4oc3=O)cc(=O)oc2c1. The van der Waals surface area contributed by atoms with Gasteiger partial charge in [0, 0.05) is 28.5 Å². The summed E-state index contributed by atoms with van der Waals surface area (Å²) in [6.07, 6.45) is 1.98. The molecule has 0 aliphatic heterocycles. The smallest absolute Gasteiger partial charge is 0.344 e. The molecule has 0 atom stereocenters. The van der Waals surface area contributed by atoms with Crippen molar-refractivity contribution >= 4 is 21.9 Å². The second-order valence-electron chi connectivity index (χ2n) is 6.32. The van der Waals surface area contributed by atoms with Crippen LogP contribution in [0.15, 0.2) is 73.0 Å². The van der Waals surface area contributed by atoms with E-state index in [0.717, 1.165) is 18.2 Å². The summed E-state index contributed by atoms with van der Waals surface area (Å²) in [4.78, 5) is 24.6. The van der Waals surface area contributed by atoms with Gasteiger partial charge in [0.25, 0.3) is 0 Å². The van der Waals surface area contributed by atoms with Crippen LogP contribution in [0, 0.1) is 0 Å². The van der Waals surface area contributed by atoms with Gasteiger partial charge < -0.3 is 13.6 Å². The number of para-hydroxylation sites is 1. The standard InChI is InChI=1S/C22H18O5/c1-2-3-10-25-15-8-9-16-17(13-21(23)26-20(16)12-15)18-11-14-6-4-5-7-19(14)27-22(18)24/h4-9,11-13H,2-3,10H2,1H3. The highest BCUT2D eigenvalue weighted by molar-refractivity contribution is 5.95. The lowest BCUT2D eigenvalue weighted by Crippen LogP contribution is -2.06. The van der Waals surface area contributed by atoms with E-state index in [9.17, 15) is 9.59 Å². The first-order chi connectivity index (χ1) is 13.2. The van der Waals surface area contributed by atoms with Crippen LogP contribution in [0.2, 0.25) is 0 Å². The molecule has 0 radical (unpaired) electrons. The summed E-state index contributed by atoms with van der Waals surface area (Å²) in [5.41, 5.74) is 0.663. The lowest BCUT2D eigenvalue weighted by molar-refractivity contribution is 0.309. The molecule has 2 aromatic heterocycles. The van der Waals surface area contributed by atoms with Crippen LogP contribution in [0.5, 0.6) is 5.75 Å². The van der Waals surface area contributed by atoms with Crippen molar-refractivity contribution in [2.75, 3.05) is 6.61 Å². The van der Waals surface area contributed by atoms with Gasteiger partial charge in [-0.05, 0) is 30.7 Å². The molecule has 2 aromatic carbocycles. The molecule has 0 spiro atoms. The second-order valence-corrected chi connectivity index (χ2v) is 6.32. The van der Waals surface area contributed by atoms with Crippen molar-refractivity contribution in [1.29, 1.82) is 0 Å². The third kappa shape index (κ3) is 3.36. The molecular formula is C22H18O5. The van der Waals surface area contributed by atoms with E-state index in [1.54, 1.807) is 30.3 Å². The van der Waals surface area contributed by atoms with Gasteiger partial charge in [-0.25, -0.2) is 9.59 Å². The zero-order valence-electron chi connectivity index (χ0n) is 14.9. The Morgan fingerprint density at radius 1 is 0.889 bits per heavy atom. The lowest BCUT2D eigenvalue weighted by Gasteiger charge is -2.09. The van der Waals surface area contributed by atoms with Crippen LogP contribution in [0.1, 0.15) is 19.8 Å². The van der Waals surface area contributed by atoms with E-state index in [2.05, 4.69) is 6.92 Å². The Kier molecular flexibility index (Phi) is 4.50. The second kappa shape index (κ2) is 7.11. The molecule has 0 saturated carbocycles. The summed E-state index contributed by atoms with van der Waals surface area (Å²) < 4.78 is 16.4. The monoisotopic (exact) mass is 362 g/mol. The first-order valence-electron chi connectivity index (χ1n) is 8.89. The van der Waals surface area contributed by atoms with Gasteiger partial charge in [0.2, 0.25) is 0 Å². The van der Waals surface area contributed by atoms with Crippen molar-refractivity contribution in [3.05, 3.63) is 75.4 Å². The van der Waals surface area contributed by atoms with Crippen LogP contribution in [0.3, 0.4) is 0 Å². The fourth-order valence-corrected chi connectivity index (χ4v) is 3.04. The van der Waals surface area contributed by atoms with Crippen LogP contribution in [0.4, 0.5) is 0 Å². The van der Waals surface area contributed by atoms with Crippen molar-refractivity contribution in [1.82, 2.24) is 0 Å². The number of fused-ring (bicyclic) bond motifs is 2. The Bertz CT molecular complexity index is 1230. The lowest BCUT2D eigenvalue weighted by atomic mass is 10.0. The van der Waals surface area contributed by atoms with Crippen LogP contribution >= 0.6 is 0 Å². The van der Waals surface area contributed by atoms with Crippen molar-refractivity contribution in [3.63, 3.8) is 0 Å². The normalized spacial score (nSPS) is 11.1. The minimum absolute atomic E-state index is 0.325. The topological polar surface area (TPSA) is 69.7 Å². The van der Waals surface area contributed by atoms with Gasteiger partial charge in [0.1, 0.15) is 16.9 Å². The van der Waals surface area contributed by atoms with E-state index < -0.39 is 11.3 Å². The predicted molar refractivity (Wildman–Crippen MR) is 104 cm³/mol. The molecule has 0 saturated heterocycles. The highest BCUT2D eigenvalue weighted by Gasteiger charge is 2.14. The number of hydrogen-bond acceptors (Lipinski definition) is 5. The predicted octanol–water partition coefficient (Wildman–Crippen LogP) is 4.75. The zero-order chi connectivity index (χ0) is 18.8. The minimum atomic E-state index is -0.532. The van der Waals surface area contributed by atoms with Crippen LogP contribution in [-0.4, -0.2) is 6.61 Å². The number of rotatable bonds is 5. The van der Waals surface area contributed by atoms with E-state index in [1.807, 2.05) is 18.2 Å². The number of benzene rings is 2. The molecule has 5 nitrogen and oxygen atoms in total. The fraction of sp³-hybridized carbons (Fsp3) is 0.182. The van der Waals surface area contributed by atoms with Gasteiger partial charge in [-0.15, -0.1) is 0 Å². The molecule has 0 N–H and O–H groups in total. The average molecular weight is 362 g/mol. The fourth-order valence-electron chi connectivity index (χ4n) is 3.04. The van der Waals surface area contributed by atoms with Crippen molar-refractivity contribution in [2.45, 2.75) is 19.8 Å². The maximum atomic E-state index is 12.5. The Morgan fingerprint density at radius 3 is 2.59 bits per heavy atom. The number of hydrogen-bond donors (Lipinski definition) is 0. The van der Waals surface area contributed by atoms with Crippen molar-refractivity contribution < 1.29 is 13.6 Å². The van der Waals surface area contributed by atoms with Gasteiger partial charge in [-0.3, -0.25) is 0 Å². The van der Waals surface area contributed by atoms with Gasteiger partial charge in [-0.2, -0.15) is 0 Å². The Morgan fingerprint density at radius 2 is 1.74 bits per heavy atom. The Balaban J connectivity index is 1.88. The summed E-state index contributed by atoms with van der Waals surface area (Å²) in [6.45, 7) is 2.68. The molecule has 0 bridgehead atoms. The highest BCUT2D eigenvalue weighted by Crippen LogP contribution is 2.29. The van der Waals surface area contributed by atoms with Gasteiger partial charge in [0.15, 0.2) is 0 Å². The van der Waals surface area contributed by atoms with Crippen LogP contribution in [0.25, 0.3) is 33.1 Å². The molecule has 0 amide bonds. The van der Waals surface area contributed by atoms with Gasteiger partial charge in [-0.1, -0.05) is 31.5 Å². The Hall–Kier alpha value is -3.34. The van der Waals surface area contributed by atoms with E-state index in [0.29, 0.717) is 40.0 Å². The molecular weight excluding hydrogens is 344 g/mol. The first-order valence-corrected chi connectivity index (χ1v) is 8.89. The number of ether oxygens (including phenoxy) is 1. The molecule has 4 aromatic rings. The summed E-state index contributed by atoms with van der Waals surface area (Å²) >= 11 is 0. The molecule has 2 heterocycles. The third-order valence-corrected chi connectivity index (χ3v) is 4.41. The van der Waals surface area contributed by atoms with Crippen molar-refractivity contribution in [3.8, 4) is 16.9 Å². The van der Waals surface area contributed by atoms with Crippen LogP contribution < -0.4 is 16.0 Å². The number of unbranched alkanes of at least 4 members (excludes halogenated alkanes) is 1. The van der Waals surface area contributed by atoms with Crippen molar-refractivity contribution in [2.24, 2.45) is 0 Å². The van der Waals surface area contributed by atoms with E-state index >= 15 is 0 Å². The van der Waals surface area contributed by atoms with E-state index in [1.165, 1.54) is 6.07 Å². The Labute approximate surface area is 154 Å². The molecule has 27 heavy (non-hydrogen) atoms. The zero-order valence-corrected chi connectivity index (χ0v) is 14.9. The summed E-state index contributed by atoms with van der Waals surface area (Å²) in [5, 5.41) is 1.44. The third-order valence-electron chi connectivity index (χ3n) is 4.41. The maximum Gasteiger partial charge on any atom is 0.344 e. The molecule has 5 heteroatoms. The van der Waals surface area contributed by atoms with Gasteiger partial charge in [0.05, 0.1) is 12.2 Å². The molecule has 136 valence electrons. The quantitative estimate of drug-likeness (QED) is 0.379. The first kappa shape index (κ1) is 17.1. The summed E-state index contributed by atoms with van der Waals surface area (Å²) in [6, 6.07) is 15.6. The van der Waals surface area contributed by atoms with E-state index in [4.69, 9.17) is 13.6 Å².